The summed E-state index contributed by atoms with van der Waals surface area (Å²) >= 11 is 0. The average Bonchev–Trinajstić information content (AvgIpc) is 2.69. The van der Waals surface area contributed by atoms with E-state index < -0.39 is 10.0 Å². The maximum absolute atomic E-state index is 12.9. The number of amides is 1. The molecular weight excluding hydrogens is 395 g/mol. The Hall–Kier alpha value is -2.61. The fourth-order valence-corrected chi connectivity index (χ4v) is 3.54. The highest BCUT2D eigenvalue weighted by atomic mass is 32.2. The minimum atomic E-state index is -3.62. The number of hydrogen-bond donors (Lipinski definition) is 1. The molecule has 0 atom stereocenters. The van der Waals surface area contributed by atoms with E-state index in [0.717, 1.165) is 22.5 Å². The van der Waals surface area contributed by atoms with Crippen LogP contribution in [0, 0.1) is 5.82 Å². The van der Waals surface area contributed by atoms with E-state index in [1.54, 1.807) is 36.4 Å². The maximum Gasteiger partial charge on any atom is 0.240 e. The third-order valence-electron chi connectivity index (χ3n) is 4.16. The number of nitrogens with one attached hydrogen (secondary N) is 1. The summed E-state index contributed by atoms with van der Waals surface area (Å²) in [6.07, 6.45) is 3.30. The topological polar surface area (TPSA) is 75.7 Å². The van der Waals surface area contributed by atoms with E-state index in [-0.39, 0.29) is 18.3 Å². The van der Waals surface area contributed by atoms with Gasteiger partial charge in [0.15, 0.2) is 0 Å². The van der Waals surface area contributed by atoms with E-state index in [0.29, 0.717) is 37.4 Å². The molecular formula is C21H27FN2O4S. The number of halogens is 1. The van der Waals surface area contributed by atoms with Crippen molar-refractivity contribution in [1.29, 1.82) is 0 Å². The second-order valence-electron chi connectivity index (χ2n) is 6.69. The van der Waals surface area contributed by atoms with Gasteiger partial charge in [0.1, 0.15) is 18.1 Å². The van der Waals surface area contributed by atoms with Gasteiger partial charge in [0.05, 0.1) is 18.6 Å². The van der Waals surface area contributed by atoms with Crippen molar-refractivity contribution in [2.75, 3.05) is 30.3 Å². The first-order valence-electron chi connectivity index (χ1n) is 9.51. The molecule has 0 spiro atoms. The molecule has 0 aromatic heterocycles. The molecule has 2 aromatic rings. The van der Waals surface area contributed by atoms with Gasteiger partial charge < -0.3 is 10.1 Å². The number of hydrogen-bond acceptors (Lipinski definition) is 4. The van der Waals surface area contributed by atoms with Crippen LogP contribution in [0.25, 0.3) is 0 Å². The molecule has 8 heteroatoms. The van der Waals surface area contributed by atoms with Gasteiger partial charge in [-0.05, 0) is 61.2 Å². The molecule has 29 heavy (non-hydrogen) atoms. The molecule has 0 aliphatic rings. The number of carbonyl (C=O) groups excluding carboxylic acids is 1. The van der Waals surface area contributed by atoms with Gasteiger partial charge in [-0.15, -0.1) is 0 Å². The van der Waals surface area contributed by atoms with E-state index in [2.05, 4.69) is 5.32 Å². The van der Waals surface area contributed by atoms with Crippen molar-refractivity contribution >= 4 is 21.6 Å². The molecule has 2 aromatic carbocycles. The van der Waals surface area contributed by atoms with Crippen LogP contribution in [-0.4, -0.2) is 40.3 Å². The predicted octanol–water partition coefficient (Wildman–Crippen LogP) is 3.13. The van der Waals surface area contributed by atoms with Gasteiger partial charge in [-0.1, -0.05) is 19.1 Å². The molecule has 0 radical (unpaired) electrons. The first-order chi connectivity index (χ1) is 13.8. The van der Waals surface area contributed by atoms with Crippen LogP contribution in [0.15, 0.2) is 48.5 Å². The molecule has 2 rings (SSSR count). The van der Waals surface area contributed by atoms with Crippen LogP contribution in [-0.2, 0) is 21.2 Å². The largest absolute Gasteiger partial charge is 0.494 e. The van der Waals surface area contributed by atoms with Crippen molar-refractivity contribution in [3.8, 4) is 5.75 Å². The quantitative estimate of drug-likeness (QED) is 0.565. The summed E-state index contributed by atoms with van der Waals surface area (Å²) in [5.41, 5.74) is 1.38. The number of sulfonamides is 1. The third-order valence-corrected chi connectivity index (χ3v) is 5.30. The second-order valence-corrected chi connectivity index (χ2v) is 8.60. The molecule has 1 N–H and O–H groups in total. The average molecular weight is 423 g/mol. The molecule has 0 bridgehead atoms. The van der Waals surface area contributed by atoms with Gasteiger partial charge in [-0.3, -0.25) is 9.10 Å². The molecule has 0 saturated carbocycles. The monoisotopic (exact) mass is 422 g/mol. The number of nitrogens with zero attached hydrogens (tertiary/aromatic N) is 1. The zero-order valence-electron chi connectivity index (χ0n) is 16.7. The van der Waals surface area contributed by atoms with E-state index in [4.69, 9.17) is 4.74 Å². The maximum atomic E-state index is 12.9. The van der Waals surface area contributed by atoms with Crippen LogP contribution in [0.3, 0.4) is 0 Å². The molecule has 0 aliphatic carbocycles. The van der Waals surface area contributed by atoms with Crippen molar-refractivity contribution in [3.05, 3.63) is 59.9 Å². The van der Waals surface area contributed by atoms with Crippen molar-refractivity contribution in [2.24, 2.45) is 0 Å². The lowest BCUT2D eigenvalue weighted by Gasteiger charge is -2.22. The van der Waals surface area contributed by atoms with Crippen LogP contribution >= 0.6 is 0 Å². The lowest BCUT2D eigenvalue weighted by atomic mass is 10.1. The SMILES string of the molecule is CCCOc1ccc(N(CC(=O)NCCCc2ccc(F)cc2)S(C)(=O)=O)cc1. The Morgan fingerprint density at radius 3 is 2.34 bits per heavy atom. The number of aryl methyl sites for hydroxylation is 1. The number of ether oxygens (including phenoxy) is 1. The number of carbonyl (C=O) groups is 1. The van der Waals surface area contributed by atoms with E-state index in [1.807, 2.05) is 6.92 Å². The van der Waals surface area contributed by atoms with Gasteiger partial charge >= 0.3 is 0 Å². The standard InChI is InChI=1S/C21H27FN2O4S/c1-3-15-28-20-12-10-19(11-13-20)24(29(2,26)27)16-21(25)23-14-4-5-17-6-8-18(22)9-7-17/h6-13H,3-5,14-16H2,1-2H3,(H,23,25). The minimum Gasteiger partial charge on any atom is -0.494 e. The second kappa shape index (κ2) is 10.8. The first kappa shape index (κ1) is 22.7. The van der Waals surface area contributed by atoms with Gasteiger partial charge in [0.25, 0.3) is 0 Å². The molecule has 0 unspecified atom stereocenters. The number of benzene rings is 2. The summed E-state index contributed by atoms with van der Waals surface area (Å²) in [7, 11) is -3.62. The molecule has 6 nitrogen and oxygen atoms in total. The van der Waals surface area contributed by atoms with Crippen LogP contribution in [0.2, 0.25) is 0 Å². The third kappa shape index (κ3) is 7.73. The van der Waals surface area contributed by atoms with Gasteiger partial charge in [-0.2, -0.15) is 0 Å². The molecule has 0 aliphatic heterocycles. The molecule has 0 fully saturated rings. The fraction of sp³-hybridized carbons (Fsp3) is 0.381. The first-order valence-corrected chi connectivity index (χ1v) is 11.4. The highest BCUT2D eigenvalue weighted by Gasteiger charge is 2.20. The zero-order chi connectivity index (χ0) is 21.3. The highest BCUT2D eigenvalue weighted by molar-refractivity contribution is 7.92. The Bertz CT molecular complexity index is 884. The smallest absolute Gasteiger partial charge is 0.240 e. The summed E-state index contributed by atoms with van der Waals surface area (Å²) in [6.45, 7) is 2.68. The summed E-state index contributed by atoms with van der Waals surface area (Å²) < 4.78 is 43.8. The van der Waals surface area contributed by atoms with Crippen molar-refractivity contribution < 1.29 is 22.3 Å². The lowest BCUT2D eigenvalue weighted by Crippen LogP contribution is -2.40. The molecule has 1 amide bonds. The van der Waals surface area contributed by atoms with Crippen molar-refractivity contribution in [2.45, 2.75) is 26.2 Å². The number of anilines is 1. The van der Waals surface area contributed by atoms with Crippen LogP contribution in [0.1, 0.15) is 25.3 Å². The number of rotatable bonds is 11. The van der Waals surface area contributed by atoms with Crippen molar-refractivity contribution in [3.63, 3.8) is 0 Å². The summed E-state index contributed by atoms with van der Waals surface area (Å²) in [6, 6.07) is 12.8. The Kier molecular flexibility index (Phi) is 8.45. The summed E-state index contributed by atoms with van der Waals surface area (Å²) in [4.78, 5) is 12.2. The van der Waals surface area contributed by atoms with Crippen molar-refractivity contribution in [1.82, 2.24) is 5.32 Å². The highest BCUT2D eigenvalue weighted by Crippen LogP contribution is 2.21. The molecule has 158 valence electrons. The molecule has 0 saturated heterocycles. The van der Waals surface area contributed by atoms with Gasteiger partial charge in [0.2, 0.25) is 15.9 Å². The summed E-state index contributed by atoms with van der Waals surface area (Å²) in [5.74, 6) is -0.0250. The minimum absolute atomic E-state index is 0.284. The Morgan fingerprint density at radius 2 is 1.76 bits per heavy atom. The Balaban J connectivity index is 1.88. The lowest BCUT2D eigenvalue weighted by molar-refractivity contribution is -0.119. The van der Waals surface area contributed by atoms with Crippen LogP contribution < -0.4 is 14.4 Å². The Labute approximate surface area is 171 Å². The fourth-order valence-electron chi connectivity index (χ4n) is 2.69. The normalized spacial score (nSPS) is 11.1. The van der Waals surface area contributed by atoms with Gasteiger partial charge in [0, 0.05) is 6.54 Å². The van der Waals surface area contributed by atoms with Gasteiger partial charge in [-0.25, -0.2) is 12.8 Å². The molecule has 0 heterocycles. The van der Waals surface area contributed by atoms with E-state index in [9.17, 15) is 17.6 Å². The van der Waals surface area contributed by atoms with E-state index in [1.165, 1.54) is 12.1 Å². The van der Waals surface area contributed by atoms with Crippen LogP contribution in [0.4, 0.5) is 10.1 Å². The Morgan fingerprint density at radius 1 is 1.10 bits per heavy atom. The zero-order valence-corrected chi connectivity index (χ0v) is 17.5. The predicted molar refractivity (Wildman–Crippen MR) is 112 cm³/mol. The van der Waals surface area contributed by atoms with Crippen LogP contribution in [0.5, 0.6) is 5.75 Å². The van der Waals surface area contributed by atoms with E-state index >= 15 is 0 Å². The summed E-state index contributed by atoms with van der Waals surface area (Å²) in [5, 5.41) is 2.73.